The van der Waals surface area contributed by atoms with Crippen LogP contribution < -0.4 is 5.56 Å². The highest BCUT2D eigenvalue weighted by Crippen LogP contribution is 2.17. The first-order chi connectivity index (χ1) is 11.0. The Hall–Kier alpha value is -2.39. The van der Waals surface area contributed by atoms with E-state index < -0.39 is 10.0 Å². The minimum Gasteiger partial charge on any atom is -0.459 e. The summed E-state index contributed by atoms with van der Waals surface area (Å²) in [5.74, 6) is -0.0157. The predicted octanol–water partition coefficient (Wildman–Crippen LogP) is 0.115. The van der Waals surface area contributed by atoms with Gasteiger partial charge in [0.1, 0.15) is 0 Å². The van der Waals surface area contributed by atoms with E-state index in [0.717, 1.165) is 0 Å². The Labute approximate surface area is 132 Å². The van der Waals surface area contributed by atoms with Crippen molar-refractivity contribution in [3.8, 4) is 0 Å². The van der Waals surface area contributed by atoms with Crippen molar-refractivity contribution < 1.29 is 17.6 Å². The summed E-state index contributed by atoms with van der Waals surface area (Å²) in [6, 6.07) is 5.65. The van der Waals surface area contributed by atoms with E-state index in [0.29, 0.717) is 0 Å². The van der Waals surface area contributed by atoms with Crippen LogP contribution in [0.3, 0.4) is 0 Å². The van der Waals surface area contributed by atoms with Gasteiger partial charge in [0.2, 0.25) is 15.6 Å². The van der Waals surface area contributed by atoms with E-state index in [2.05, 4.69) is 4.98 Å². The summed E-state index contributed by atoms with van der Waals surface area (Å²) >= 11 is 0. The molecule has 1 amide bonds. The van der Waals surface area contributed by atoms with Crippen LogP contribution >= 0.6 is 0 Å². The van der Waals surface area contributed by atoms with Crippen molar-refractivity contribution in [1.82, 2.24) is 14.2 Å². The summed E-state index contributed by atoms with van der Waals surface area (Å²) in [6.07, 6.45) is 2.60. The molecule has 23 heavy (non-hydrogen) atoms. The van der Waals surface area contributed by atoms with Gasteiger partial charge in [0.05, 0.1) is 11.2 Å². The quantitative estimate of drug-likeness (QED) is 0.856. The van der Waals surface area contributed by atoms with Gasteiger partial charge in [-0.3, -0.25) is 9.59 Å². The zero-order valence-electron chi connectivity index (χ0n) is 12.1. The van der Waals surface area contributed by atoms with Crippen molar-refractivity contribution in [2.75, 3.05) is 26.2 Å². The third-order valence-corrected chi connectivity index (χ3v) is 5.55. The Morgan fingerprint density at radius 3 is 2.43 bits per heavy atom. The average Bonchev–Trinajstić information content (AvgIpc) is 3.09. The van der Waals surface area contributed by atoms with Gasteiger partial charge in [0.15, 0.2) is 5.76 Å². The number of pyridine rings is 1. The lowest BCUT2D eigenvalue weighted by Gasteiger charge is -2.33. The molecule has 0 bridgehead atoms. The molecule has 1 fully saturated rings. The number of nitrogens with one attached hydrogen (secondary N) is 1. The summed E-state index contributed by atoms with van der Waals surface area (Å²) in [5, 5.41) is 0. The Balaban J connectivity index is 1.70. The lowest BCUT2D eigenvalue weighted by Crippen LogP contribution is -2.50. The molecule has 0 spiro atoms. The Morgan fingerprint density at radius 1 is 1.13 bits per heavy atom. The van der Waals surface area contributed by atoms with Crippen LogP contribution in [-0.2, 0) is 10.0 Å². The van der Waals surface area contributed by atoms with E-state index >= 15 is 0 Å². The summed E-state index contributed by atoms with van der Waals surface area (Å²) in [7, 11) is -3.68. The number of carbonyl (C=O) groups is 1. The molecular formula is C14H15N3O5S. The molecule has 0 atom stereocenters. The maximum atomic E-state index is 12.5. The summed E-state index contributed by atoms with van der Waals surface area (Å²) in [4.78, 5) is 27.1. The van der Waals surface area contributed by atoms with Gasteiger partial charge in [0, 0.05) is 38.4 Å². The zero-order chi connectivity index (χ0) is 16.4. The molecule has 1 aliphatic rings. The first-order valence-electron chi connectivity index (χ1n) is 7.00. The van der Waals surface area contributed by atoms with Crippen molar-refractivity contribution in [2.45, 2.75) is 4.90 Å². The number of carbonyl (C=O) groups excluding carboxylic acids is 1. The number of piperazine rings is 1. The smallest absolute Gasteiger partial charge is 0.289 e. The second-order valence-corrected chi connectivity index (χ2v) is 7.00. The lowest BCUT2D eigenvalue weighted by atomic mass is 10.3. The minimum atomic E-state index is -3.68. The molecule has 8 nitrogen and oxygen atoms in total. The number of hydrogen-bond donors (Lipinski definition) is 1. The third-order valence-electron chi connectivity index (χ3n) is 3.65. The number of nitrogens with zero attached hydrogens (tertiary/aromatic N) is 2. The van der Waals surface area contributed by atoms with Crippen LogP contribution in [0.1, 0.15) is 10.6 Å². The first kappa shape index (κ1) is 15.5. The molecule has 122 valence electrons. The number of hydrogen-bond acceptors (Lipinski definition) is 5. The molecule has 2 aromatic heterocycles. The second kappa shape index (κ2) is 6.01. The molecule has 3 rings (SSSR count). The Bertz CT molecular complexity index is 828. The standard InChI is InChI=1S/C14H15N3O5S/c18-13-4-3-11(10-15-13)23(20,21)17-7-5-16(6-8-17)14(19)12-2-1-9-22-12/h1-4,9-10H,5-8H2,(H,15,18). The molecule has 0 radical (unpaired) electrons. The Kier molecular flexibility index (Phi) is 4.05. The SMILES string of the molecule is O=C(c1ccco1)N1CCN(S(=O)(=O)c2ccc(=O)[nH]c2)CC1. The van der Waals surface area contributed by atoms with Crippen molar-refractivity contribution in [1.29, 1.82) is 0 Å². The molecule has 0 saturated carbocycles. The number of H-pyrrole nitrogens is 1. The molecule has 0 aromatic carbocycles. The van der Waals surface area contributed by atoms with Gasteiger partial charge >= 0.3 is 0 Å². The number of amides is 1. The maximum absolute atomic E-state index is 12.5. The van der Waals surface area contributed by atoms with E-state index in [1.807, 2.05) is 0 Å². The molecule has 1 N–H and O–H groups in total. The number of aromatic nitrogens is 1. The van der Waals surface area contributed by atoms with Crippen molar-refractivity contribution in [3.63, 3.8) is 0 Å². The minimum absolute atomic E-state index is 0.0305. The van der Waals surface area contributed by atoms with Crippen LogP contribution in [-0.4, -0.2) is 54.7 Å². The first-order valence-corrected chi connectivity index (χ1v) is 8.44. The molecule has 9 heteroatoms. The van der Waals surface area contributed by atoms with Crippen LogP contribution in [0.4, 0.5) is 0 Å². The number of rotatable bonds is 3. The van der Waals surface area contributed by atoms with E-state index in [-0.39, 0.29) is 48.3 Å². The van der Waals surface area contributed by atoms with Crippen LogP contribution in [0, 0.1) is 0 Å². The largest absolute Gasteiger partial charge is 0.459 e. The van der Waals surface area contributed by atoms with Gasteiger partial charge in [-0.2, -0.15) is 4.31 Å². The van der Waals surface area contributed by atoms with Gasteiger partial charge in [-0.25, -0.2) is 8.42 Å². The highest BCUT2D eigenvalue weighted by atomic mass is 32.2. The van der Waals surface area contributed by atoms with Crippen LogP contribution in [0.5, 0.6) is 0 Å². The van der Waals surface area contributed by atoms with Gasteiger partial charge in [-0.15, -0.1) is 0 Å². The molecule has 1 aliphatic heterocycles. The van der Waals surface area contributed by atoms with E-state index in [4.69, 9.17) is 4.42 Å². The van der Waals surface area contributed by atoms with Gasteiger partial charge < -0.3 is 14.3 Å². The predicted molar refractivity (Wildman–Crippen MR) is 80.4 cm³/mol. The van der Waals surface area contributed by atoms with Gasteiger partial charge in [-0.05, 0) is 18.2 Å². The van der Waals surface area contributed by atoms with E-state index in [9.17, 15) is 18.0 Å². The number of aromatic amines is 1. The van der Waals surface area contributed by atoms with Gasteiger partial charge in [0.25, 0.3) is 5.91 Å². The fourth-order valence-corrected chi connectivity index (χ4v) is 3.78. The second-order valence-electron chi connectivity index (χ2n) is 5.06. The van der Waals surface area contributed by atoms with E-state index in [1.54, 1.807) is 17.0 Å². The van der Waals surface area contributed by atoms with Crippen LogP contribution in [0.15, 0.2) is 50.8 Å². The fraction of sp³-hybridized carbons (Fsp3) is 0.286. The molecule has 3 heterocycles. The average molecular weight is 337 g/mol. The van der Waals surface area contributed by atoms with Crippen LogP contribution in [0.25, 0.3) is 0 Å². The molecule has 2 aromatic rings. The molecule has 0 unspecified atom stereocenters. The highest BCUT2D eigenvalue weighted by molar-refractivity contribution is 7.89. The van der Waals surface area contributed by atoms with Crippen molar-refractivity contribution >= 4 is 15.9 Å². The zero-order valence-corrected chi connectivity index (χ0v) is 13.0. The van der Waals surface area contributed by atoms with Crippen LogP contribution in [0.2, 0.25) is 0 Å². The third kappa shape index (κ3) is 3.06. The summed E-state index contributed by atoms with van der Waals surface area (Å²) in [6.45, 7) is 0.937. The highest BCUT2D eigenvalue weighted by Gasteiger charge is 2.31. The van der Waals surface area contributed by atoms with E-state index in [1.165, 1.54) is 28.9 Å². The molecule has 0 aliphatic carbocycles. The fourth-order valence-electron chi connectivity index (χ4n) is 2.39. The molecule has 1 saturated heterocycles. The number of sulfonamides is 1. The van der Waals surface area contributed by atoms with Gasteiger partial charge in [-0.1, -0.05) is 0 Å². The Morgan fingerprint density at radius 2 is 1.87 bits per heavy atom. The topological polar surface area (TPSA) is 104 Å². The summed E-state index contributed by atoms with van der Waals surface area (Å²) in [5.41, 5.74) is -0.363. The monoisotopic (exact) mass is 337 g/mol. The summed E-state index contributed by atoms with van der Waals surface area (Å²) < 4.78 is 31.3. The van der Waals surface area contributed by atoms with Crippen molar-refractivity contribution in [3.05, 3.63) is 52.8 Å². The normalized spacial score (nSPS) is 16.4. The maximum Gasteiger partial charge on any atom is 0.289 e. The number of furan rings is 1. The lowest BCUT2D eigenvalue weighted by molar-refractivity contribution is 0.0666. The molecular weight excluding hydrogens is 322 g/mol. The van der Waals surface area contributed by atoms with Crippen molar-refractivity contribution in [2.24, 2.45) is 0 Å².